The van der Waals surface area contributed by atoms with Crippen LogP contribution in [0.5, 0.6) is 11.6 Å². The molecule has 1 heterocycles. The van der Waals surface area contributed by atoms with Crippen molar-refractivity contribution in [1.29, 1.82) is 0 Å². The maximum atomic E-state index is 14.2. The highest BCUT2D eigenvalue weighted by atomic mass is 19.4. The summed E-state index contributed by atoms with van der Waals surface area (Å²) in [6, 6.07) is 13.8. The van der Waals surface area contributed by atoms with E-state index in [-0.39, 0.29) is 23.3 Å². The largest absolute Gasteiger partial charge is 0.494 e. The molecule has 2 aromatic carbocycles. The third-order valence-corrected chi connectivity index (χ3v) is 7.16. The zero-order valence-corrected chi connectivity index (χ0v) is 23.3. The Morgan fingerprint density at radius 3 is 2.52 bits per heavy atom. The van der Waals surface area contributed by atoms with Gasteiger partial charge in [0.25, 0.3) is 0 Å². The van der Waals surface area contributed by atoms with Gasteiger partial charge in [0, 0.05) is 11.6 Å². The van der Waals surface area contributed by atoms with Gasteiger partial charge in [0.2, 0.25) is 17.9 Å². The topological polar surface area (TPSA) is 134 Å². The summed E-state index contributed by atoms with van der Waals surface area (Å²) >= 11 is 0. The van der Waals surface area contributed by atoms with Gasteiger partial charge in [0.1, 0.15) is 11.8 Å². The summed E-state index contributed by atoms with van der Waals surface area (Å²) < 4.78 is 53.8. The number of hydrogen-bond donors (Lipinski definition) is 3. The Hall–Kier alpha value is -4.12. The average Bonchev–Trinajstić information content (AvgIpc) is 2.96. The molecular weight excluding hydrogens is 549 g/mol. The van der Waals surface area contributed by atoms with Crippen molar-refractivity contribution in [1.82, 2.24) is 9.97 Å². The molecule has 0 bridgehead atoms. The highest BCUT2D eigenvalue weighted by Gasteiger charge is 2.43. The van der Waals surface area contributed by atoms with Crippen molar-refractivity contribution in [2.75, 3.05) is 12.3 Å². The number of benzene rings is 2. The van der Waals surface area contributed by atoms with E-state index in [2.05, 4.69) is 16.9 Å². The Bertz CT molecular complexity index is 1400. The summed E-state index contributed by atoms with van der Waals surface area (Å²) in [6.07, 6.45) is -1.06. The molecule has 0 radical (unpaired) electrons. The van der Waals surface area contributed by atoms with E-state index in [1.165, 1.54) is 18.2 Å². The van der Waals surface area contributed by atoms with Crippen molar-refractivity contribution in [3.05, 3.63) is 71.9 Å². The standard InChI is InChI=1S/C31H35F3N4O4/c1-2-3-15-41-24-6-4-5-23(17-24)20-11-13-22(14-12-20)28(31(32,33)34)42-27-18-26(37-30(36)38-27)21-9-7-19(8-10-21)16-25(35)29(39)40/h4-6,9,11-14,17-19,25,28H,2-3,7-8,10,15-16,35H2,1H3,(H,39,40)(H2,36,37,38). The molecule has 3 atom stereocenters. The maximum Gasteiger partial charge on any atom is 0.429 e. The molecule has 11 heteroatoms. The molecular formula is C31H35F3N4O4. The van der Waals surface area contributed by atoms with Crippen molar-refractivity contribution in [3.63, 3.8) is 0 Å². The van der Waals surface area contributed by atoms with E-state index >= 15 is 0 Å². The van der Waals surface area contributed by atoms with Crippen LogP contribution < -0.4 is 20.9 Å². The van der Waals surface area contributed by atoms with Crippen molar-refractivity contribution in [2.24, 2.45) is 11.7 Å². The van der Waals surface area contributed by atoms with Crippen LogP contribution >= 0.6 is 0 Å². The number of nitrogens with two attached hydrogens (primary N) is 2. The number of aromatic nitrogens is 2. The van der Waals surface area contributed by atoms with Crippen LogP contribution in [0.3, 0.4) is 0 Å². The molecule has 3 unspecified atom stereocenters. The fourth-order valence-corrected chi connectivity index (χ4v) is 4.86. The van der Waals surface area contributed by atoms with E-state index in [1.54, 1.807) is 12.1 Å². The molecule has 5 N–H and O–H groups in total. The van der Waals surface area contributed by atoms with Crippen LogP contribution in [0.25, 0.3) is 16.7 Å². The smallest absolute Gasteiger partial charge is 0.429 e. The van der Waals surface area contributed by atoms with Crippen LogP contribution in [0.4, 0.5) is 19.1 Å². The lowest BCUT2D eigenvalue weighted by atomic mass is 9.84. The van der Waals surface area contributed by atoms with E-state index in [9.17, 15) is 18.0 Å². The number of unbranched alkanes of at least 4 members (excludes halogenated alkanes) is 1. The van der Waals surface area contributed by atoms with Crippen molar-refractivity contribution in [3.8, 4) is 22.8 Å². The molecule has 3 aromatic rings. The second-order valence-electron chi connectivity index (χ2n) is 10.4. The number of nitrogens with zero attached hydrogens (tertiary/aromatic N) is 2. The first-order valence-corrected chi connectivity index (χ1v) is 13.9. The van der Waals surface area contributed by atoms with Gasteiger partial charge in [-0.1, -0.05) is 55.8 Å². The lowest BCUT2D eigenvalue weighted by Crippen LogP contribution is -2.32. The number of rotatable bonds is 12. The zero-order valence-electron chi connectivity index (χ0n) is 23.3. The Labute approximate surface area is 242 Å². The number of carbonyl (C=O) groups is 1. The molecule has 0 fully saturated rings. The average molecular weight is 585 g/mol. The lowest BCUT2D eigenvalue weighted by molar-refractivity contribution is -0.198. The van der Waals surface area contributed by atoms with Gasteiger partial charge in [-0.15, -0.1) is 0 Å². The number of anilines is 1. The molecule has 8 nitrogen and oxygen atoms in total. The molecule has 42 heavy (non-hydrogen) atoms. The fraction of sp³-hybridized carbons (Fsp3) is 0.387. The number of carboxylic acids is 1. The summed E-state index contributed by atoms with van der Waals surface area (Å²) in [7, 11) is 0. The highest BCUT2D eigenvalue weighted by molar-refractivity contribution is 5.73. The SMILES string of the molecule is CCCCOc1cccc(-c2ccc(C(Oc3cc(C4=CCC(CC(N)C(=O)O)CC4)nc(N)n3)C(F)(F)F)cc2)c1. The Morgan fingerprint density at radius 2 is 1.88 bits per heavy atom. The molecule has 1 aliphatic carbocycles. The van der Waals surface area contributed by atoms with E-state index < -0.39 is 24.3 Å². The van der Waals surface area contributed by atoms with Crippen molar-refractivity contribution in [2.45, 2.75) is 63.8 Å². The van der Waals surface area contributed by atoms with Gasteiger partial charge in [-0.2, -0.15) is 18.2 Å². The van der Waals surface area contributed by atoms with Gasteiger partial charge in [0.05, 0.1) is 12.3 Å². The highest BCUT2D eigenvalue weighted by Crippen LogP contribution is 2.39. The Balaban J connectivity index is 1.51. The van der Waals surface area contributed by atoms with Crippen LogP contribution in [0.15, 0.2) is 60.7 Å². The first-order chi connectivity index (χ1) is 20.0. The van der Waals surface area contributed by atoms with Crippen LogP contribution in [0, 0.1) is 5.92 Å². The van der Waals surface area contributed by atoms with E-state index in [4.69, 9.17) is 26.0 Å². The Kier molecular flexibility index (Phi) is 10.1. The van der Waals surface area contributed by atoms with E-state index in [0.29, 0.717) is 43.7 Å². The number of ether oxygens (including phenoxy) is 2. The molecule has 0 amide bonds. The molecule has 1 aliphatic rings. The number of allylic oxidation sites excluding steroid dienone is 2. The minimum Gasteiger partial charge on any atom is -0.494 e. The Morgan fingerprint density at radius 1 is 1.12 bits per heavy atom. The quantitative estimate of drug-likeness (QED) is 0.204. The van der Waals surface area contributed by atoms with Crippen LogP contribution in [0.2, 0.25) is 0 Å². The molecule has 0 saturated heterocycles. The predicted molar refractivity (Wildman–Crippen MR) is 154 cm³/mol. The number of halogens is 3. The number of hydrogen-bond acceptors (Lipinski definition) is 7. The summed E-state index contributed by atoms with van der Waals surface area (Å²) in [6.45, 7) is 2.67. The van der Waals surface area contributed by atoms with Crippen LogP contribution in [0.1, 0.15) is 62.8 Å². The first kappa shape index (κ1) is 30.8. The molecule has 0 aliphatic heterocycles. The minimum atomic E-state index is -4.73. The second-order valence-corrected chi connectivity index (χ2v) is 10.4. The molecule has 0 saturated carbocycles. The van der Waals surface area contributed by atoms with Gasteiger partial charge in [-0.25, -0.2) is 4.98 Å². The second kappa shape index (κ2) is 13.7. The van der Waals surface area contributed by atoms with Crippen molar-refractivity contribution < 1.29 is 32.5 Å². The first-order valence-electron chi connectivity index (χ1n) is 13.9. The third-order valence-electron chi connectivity index (χ3n) is 7.16. The van der Waals surface area contributed by atoms with E-state index in [1.807, 2.05) is 30.3 Å². The van der Waals surface area contributed by atoms with Gasteiger partial charge in [-0.05, 0) is 66.9 Å². The number of aliphatic carboxylic acids is 1. The number of alkyl halides is 3. The van der Waals surface area contributed by atoms with Crippen molar-refractivity contribution >= 4 is 17.5 Å². The molecule has 224 valence electrons. The number of nitrogen functional groups attached to an aromatic ring is 1. The molecule has 1 aromatic heterocycles. The van der Waals surface area contributed by atoms with Crippen LogP contribution in [-0.2, 0) is 4.79 Å². The maximum absolute atomic E-state index is 14.2. The number of carboxylic acid groups (broad SMARTS) is 1. The van der Waals surface area contributed by atoms with Gasteiger partial charge in [0.15, 0.2) is 0 Å². The van der Waals surface area contributed by atoms with Gasteiger partial charge >= 0.3 is 12.1 Å². The molecule has 0 spiro atoms. The van der Waals surface area contributed by atoms with Gasteiger partial charge in [-0.3, -0.25) is 4.79 Å². The monoisotopic (exact) mass is 584 g/mol. The summed E-state index contributed by atoms with van der Waals surface area (Å²) in [5.74, 6) is -0.771. The van der Waals surface area contributed by atoms with E-state index in [0.717, 1.165) is 29.5 Å². The normalized spacial score (nSPS) is 16.8. The zero-order chi connectivity index (χ0) is 30.3. The summed E-state index contributed by atoms with van der Waals surface area (Å²) in [4.78, 5) is 19.2. The minimum absolute atomic E-state index is 0.0865. The van der Waals surface area contributed by atoms with Crippen LogP contribution in [-0.4, -0.2) is 39.9 Å². The molecule has 4 rings (SSSR count). The lowest BCUT2D eigenvalue weighted by Gasteiger charge is -2.24. The fourth-order valence-electron chi connectivity index (χ4n) is 4.86. The predicted octanol–water partition coefficient (Wildman–Crippen LogP) is 6.57. The summed E-state index contributed by atoms with van der Waals surface area (Å²) in [5, 5.41) is 9.05. The summed E-state index contributed by atoms with van der Waals surface area (Å²) in [5.41, 5.74) is 14.1. The van der Waals surface area contributed by atoms with Gasteiger partial charge < -0.3 is 26.0 Å². The third kappa shape index (κ3) is 8.22.